The van der Waals surface area contributed by atoms with Crippen molar-refractivity contribution < 1.29 is 4.74 Å². The van der Waals surface area contributed by atoms with E-state index in [1.165, 1.54) is 0 Å². The van der Waals surface area contributed by atoms with Crippen LogP contribution in [0.5, 0.6) is 5.75 Å². The van der Waals surface area contributed by atoms with Crippen LogP contribution >= 0.6 is 0 Å². The molecule has 0 atom stereocenters. The van der Waals surface area contributed by atoms with Gasteiger partial charge in [-0.15, -0.1) is 0 Å². The Bertz CT molecular complexity index is 252. The molecule has 0 amide bonds. The van der Waals surface area contributed by atoms with Crippen LogP contribution < -0.4 is 15.8 Å². The Kier molecular flexibility index (Phi) is 4.05. The molecule has 4 heteroatoms. The predicted molar refractivity (Wildman–Crippen MR) is 53.0 cm³/mol. The molecule has 0 saturated carbocycles. The third-order valence-electron chi connectivity index (χ3n) is 1.66. The number of nitrogens with two attached hydrogens (primary N) is 1. The second-order valence-electron chi connectivity index (χ2n) is 2.62. The summed E-state index contributed by atoms with van der Waals surface area (Å²) in [4.78, 5) is 4.14. The second-order valence-corrected chi connectivity index (χ2v) is 2.62. The summed E-state index contributed by atoms with van der Waals surface area (Å²) in [6.07, 6.45) is 2.66. The zero-order valence-corrected chi connectivity index (χ0v) is 7.79. The van der Waals surface area contributed by atoms with Crippen molar-refractivity contribution >= 4 is 5.82 Å². The maximum Gasteiger partial charge on any atom is 0.168 e. The summed E-state index contributed by atoms with van der Waals surface area (Å²) in [5.74, 6) is 1.54. The van der Waals surface area contributed by atoms with Gasteiger partial charge in [-0.3, -0.25) is 0 Å². The molecule has 0 spiro atoms. The molecule has 1 aromatic heterocycles. The quantitative estimate of drug-likeness (QED) is 0.661. The van der Waals surface area contributed by atoms with E-state index in [-0.39, 0.29) is 0 Å². The lowest BCUT2D eigenvalue weighted by Gasteiger charge is -2.08. The van der Waals surface area contributed by atoms with Gasteiger partial charge in [-0.05, 0) is 25.1 Å². The summed E-state index contributed by atoms with van der Waals surface area (Å²) in [7, 11) is 1.63. The first kappa shape index (κ1) is 9.80. The van der Waals surface area contributed by atoms with Crippen molar-refractivity contribution in [3.05, 3.63) is 18.3 Å². The van der Waals surface area contributed by atoms with Gasteiger partial charge in [0.2, 0.25) is 0 Å². The Balaban J connectivity index is 2.54. The van der Waals surface area contributed by atoms with Gasteiger partial charge in [-0.25, -0.2) is 4.98 Å². The van der Waals surface area contributed by atoms with Gasteiger partial charge in [0.15, 0.2) is 11.6 Å². The van der Waals surface area contributed by atoms with Gasteiger partial charge in [0, 0.05) is 12.7 Å². The van der Waals surface area contributed by atoms with E-state index in [1.807, 2.05) is 12.1 Å². The van der Waals surface area contributed by atoms with E-state index < -0.39 is 0 Å². The van der Waals surface area contributed by atoms with E-state index in [0.717, 1.165) is 24.5 Å². The maximum atomic E-state index is 5.37. The van der Waals surface area contributed by atoms with Gasteiger partial charge >= 0.3 is 0 Å². The van der Waals surface area contributed by atoms with Crippen molar-refractivity contribution in [2.45, 2.75) is 6.42 Å². The number of nitrogens with zero attached hydrogens (tertiary/aromatic N) is 1. The van der Waals surface area contributed by atoms with Crippen molar-refractivity contribution in [1.29, 1.82) is 0 Å². The van der Waals surface area contributed by atoms with Gasteiger partial charge in [0.05, 0.1) is 7.11 Å². The number of pyridine rings is 1. The summed E-state index contributed by atoms with van der Waals surface area (Å²) in [5, 5.41) is 3.15. The first-order valence-corrected chi connectivity index (χ1v) is 4.31. The van der Waals surface area contributed by atoms with E-state index in [2.05, 4.69) is 10.3 Å². The molecule has 0 bridgehead atoms. The number of rotatable bonds is 5. The minimum absolute atomic E-state index is 0.683. The minimum atomic E-state index is 0.683. The van der Waals surface area contributed by atoms with Crippen molar-refractivity contribution in [3.8, 4) is 5.75 Å². The molecule has 1 rings (SSSR count). The molecule has 72 valence electrons. The Morgan fingerprint density at radius 2 is 2.46 bits per heavy atom. The molecule has 0 aromatic carbocycles. The van der Waals surface area contributed by atoms with Crippen LogP contribution in [0.25, 0.3) is 0 Å². The zero-order chi connectivity index (χ0) is 9.52. The molecular weight excluding hydrogens is 166 g/mol. The summed E-state index contributed by atoms with van der Waals surface area (Å²) in [5.41, 5.74) is 5.37. The number of ether oxygens (including phenoxy) is 1. The van der Waals surface area contributed by atoms with Crippen molar-refractivity contribution in [2.24, 2.45) is 5.73 Å². The highest BCUT2D eigenvalue weighted by Crippen LogP contribution is 2.19. The lowest BCUT2D eigenvalue weighted by Crippen LogP contribution is -2.09. The highest BCUT2D eigenvalue weighted by atomic mass is 16.5. The fraction of sp³-hybridized carbons (Fsp3) is 0.444. The van der Waals surface area contributed by atoms with Crippen LogP contribution in [0, 0.1) is 0 Å². The number of methoxy groups -OCH3 is 1. The van der Waals surface area contributed by atoms with E-state index >= 15 is 0 Å². The van der Waals surface area contributed by atoms with Crippen LogP contribution in [0.1, 0.15) is 6.42 Å². The lowest BCUT2D eigenvalue weighted by atomic mass is 10.4. The molecule has 0 saturated heterocycles. The van der Waals surface area contributed by atoms with E-state index in [0.29, 0.717) is 6.54 Å². The van der Waals surface area contributed by atoms with Gasteiger partial charge in [0.1, 0.15) is 0 Å². The number of hydrogen-bond donors (Lipinski definition) is 2. The third kappa shape index (κ3) is 2.91. The van der Waals surface area contributed by atoms with Crippen LogP contribution in [0.2, 0.25) is 0 Å². The van der Waals surface area contributed by atoms with E-state index in [9.17, 15) is 0 Å². The lowest BCUT2D eigenvalue weighted by molar-refractivity contribution is 0.415. The Morgan fingerprint density at radius 1 is 1.62 bits per heavy atom. The predicted octanol–water partition coefficient (Wildman–Crippen LogP) is 0.851. The first-order chi connectivity index (χ1) is 6.38. The summed E-state index contributed by atoms with van der Waals surface area (Å²) >= 11 is 0. The zero-order valence-electron chi connectivity index (χ0n) is 7.79. The number of hydrogen-bond acceptors (Lipinski definition) is 4. The van der Waals surface area contributed by atoms with Gasteiger partial charge in [-0.2, -0.15) is 0 Å². The molecule has 0 aliphatic heterocycles. The Hall–Kier alpha value is -1.29. The van der Waals surface area contributed by atoms with Crippen molar-refractivity contribution in [2.75, 3.05) is 25.5 Å². The highest BCUT2D eigenvalue weighted by Gasteiger charge is 2.00. The largest absolute Gasteiger partial charge is 0.493 e. The minimum Gasteiger partial charge on any atom is -0.493 e. The number of anilines is 1. The van der Waals surface area contributed by atoms with Crippen LogP contribution in [-0.2, 0) is 0 Å². The van der Waals surface area contributed by atoms with Crippen LogP contribution in [-0.4, -0.2) is 25.2 Å². The molecule has 0 unspecified atom stereocenters. The van der Waals surface area contributed by atoms with Crippen molar-refractivity contribution in [3.63, 3.8) is 0 Å². The Morgan fingerprint density at radius 3 is 3.15 bits per heavy atom. The molecule has 4 nitrogen and oxygen atoms in total. The highest BCUT2D eigenvalue weighted by molar-refractivity contribution is 5.49. The maximum absolute atomic E-state index is 5.37. The standard InChI is InChI=1S/C9H15N3O/c1-13-8-4-2-6-11-9(8)12-7-3-5-10/h2,4,6H,3,5,7,10H2,1H3,(H,11,12). The third-order valence-corrected chi connectivity index (χ3v) is 1.66. The molecule has 0 aliphatic rings. The van der Waals surface area contributed by atoms with Gasteiger partial charge < -0.3 is 15.8 Å². The van der Waals surface area contributed by atoms with Gasteiger partial charge in [0.25, 0.3) is 0 Å². The fourth-order valence-electron chi connectivity index (χ4n) is 0.997. The molecule has 3 N–H and O–H groups in total. The first-order valence-electron chi connectivity index (χ1n) is 4.31. The fourth-order valence-corrected chi connectivity index (χ4v) is 0.997. The van der Waals surface area contributed by atoms with Crippen LogP contribution in [0.15, 0.2) is 18.3 Å². The summed E-state index contributed by atoms with van der Waals surface area (Å²) < 4.78 is 5.12. The normalized spacial score (nSPS) is 9.69. The SMILES string of the molecule is COc1cccnc1NCCCN. The van der Waals surface area contributed by atoms with Crippen LogP contribution in [0.4, 0.5) is 5.82 Å². The molecule has 0 radical (unpaired) electrons. The van der Waals surface area contributed by atoms with E-state index in [4.69, 9.17) is 10.5 Å². The monoisotopic (exact) mass is 181 g/mol. The second kappa shape index (κ2) is 5.37. The Labute approximate surface area is 78.1 Å². The topological polar surface area (TPSA) is 60.2 Å². The summed E-state index contributed by atoms with van der Waals surface area (Å²) in [6.45, 7) is 1.51. The van der Waals surface area contributed by atoms with Crippen LogP contribution in [0.3, 0.4) is 0 Å². The van der Waals surface area contributed by atoms with Gasteiger partial charge in [-0.1, -0.05) is 0 Å². The number of aromatic nitrogens is 1. The average Bonchev–Trinajstić information content (AvgIpc) is 2.19. The number of nitrogens with one attached hydrogen (secondary N) is 1. The molecule has 1 aromatic rings. The molecule has 1 heterocycles. The smallest absolute Gasteiger partial charge is 0.168 e. The molecule has 0 aliphatic carbocycles. The van der Waals surface area contributed by atoms with Crippen molar-refractivity contribution in [1.82, 2.24) is 4.98 Å². The summed E-state index contributed by atoms with van der Waals surface area (Å²) in [6, 6.07) is 3.71. The average molecular weight is 181 g/mol. The van der Waals surface area contributed by atoms with E-state index in [1.54, 1.807) is 13.3 Å². The molecular formula is C9H15N3O. The molecule has 13 heavy (non-hydrogen) atoms. The molecule has 0 fully saturated rings.